The van der Waals surface area contributed by atoms with Crippen molar-refractivity contribution < 1.29 is 22.7 Å². The molecule has 0 saturated carbocycles. The van der Waals surface area contributed by atoms with Crippen LogP contribution in [-0.2, 0) is 38.6 Å². The Morgan fingerprint density at radius 1 is 1.20 bits per heavy atom. The van der Waals surface area contributed by atoms with E-state index in [4.69, 9.17) is 4.74 Å². The van der Waals surface area contributed by atoms with E-state index in [0.29, 0.717) is 22.0 Å². The zero-order valence-electron chi connectivity index (χ0n) is 17.5. The molecule has 1 aromatic carbocycles. The van der Waals surface area contributed by atoms with Crippen LogP contribution in [0.1, 0.15) is 53.6 Å². The first kappa shape index (κ1) is 22.5. The number of carbonyl (C=O) groups excluding carboxylic acids is 2. The molecular formula is C22H27NO5S2. The van der Waals surface area contributed by atoms with Crippen molar-refractivity contribution in [1.82, 2.24) is 0 Å². The molecule has 0 radical (unpaired) electrons. The Kier molecular flexibility index (Phi) is 6.98. The maximum atomic E-state index is 12.7. The molecule has 1 aliphatic rings. The molecule has 1 N–H and O–H groups in total. The molecule has 6 nitrogen and oxygen atoms in total. The molecule has 162 valence electrons. The van der Waals surface area contributed by atoms with Gasteiger partial charge in [0.15, 0.2) is 9.84 Å². The van der Waals surface area contributed by atoms with Gasteiger partial charge in [0.05, 0.1) is 29.2 Å². The van der Waals surface area contributed by atoms with Crippen LogP contribution in [0.25, 0.3) is 0 Å². The van der Waals surface area contributed by atoms with Crippen molar-refractivity contribution in [3.05, 3.63) is 45.8 Å². The quantitative estimate of drug-likeness (QED) is 0.645. The van der Waals surface area contributed by atoms with E-state index in [2.05, 4.69) is 12.2 Å². The maximum Gasteiger partial charge on any atom is 0.341 e. The zero-order valence-corrected chi connectivity index (χ0v) is 19.1. The van der Waals surface area contributed by atoms with E-state index >= 15 is 0 Å². The van der Waals surface area contributed by atoms with Crippen LogP contribution in [0.15, 0.2) is 29.2 Å². The fraction of sp³-hybridized carbons (Fsp3) is 0.455. The van der Waals surface area contributed by atoms with Crippen LogP contribution in [0.5, 0.6) is 0 Å². The largest absolute Gasteiger partial charge is 0.462 e. The van der Waals surface area contributed by atoms with E-state index in [-0.39, 0.29) is 29.6 Å². The third-order valence-corrected chi connectivity index (χ3v) is 8.19. The highest BCUT2D eigenvalue weighted by Crippen LogP contribution is 2.40. The van der Waals surface area contributed by atoms with E-state index < -0.39 is 15.8 Å². The summed E-state index contributed by atoms with van der Waals surface area (Å²) in [6.45, 7) is 5.83. The van der Waals surface area contributed by atoms with Crippen LogP contribution >= 0.6 is 11.3 Å². The van der Waals surface area contributed by atoms with E-state index in [0.717, 1.165) is 29.7 Å². The normalized spacial score (nSPS) is 16.0. The highest BCUT2D eigenvalue weighted by Gasteiger charge is 2.29. The molecule has 1 unspecified atom stereocenters. The number of ether oxygens (including phenoxy) is 1. The number of benzene rings is 1. The summed E-state index contributed by atoms with van der Waals surface area (Å²) in [5.41, 5.74) is 2.19. The van der Waals surface area contributed by atoms with Crippen LogP contribution in [0.3, 0.4) is 0 Å². The van der Waals surface area contributed by atoms with Crippen LogP contribution in [0, 0.1) is 5.92 Å². The van der Waals surface area contributed by atoms with Gasteiger partial charge in [-0.15, -0.1) is 11.3 Å². The number of fused-ring (bicyclic) bond motifs is 1. The summed E-state index contributed by atoms with van der Waals surface area (Å²) in [4.78, 5) is 26.6. The smallest absolute Gasteiger partial charge is 0.341 e. The summed E-state index contributed by atoms with van der Waals surface area (Å²) in [6, 6.07) is 6.35. The first-order valence-electron chi connectivity index (χ1n) is 10.2. The van der Waals surface area contributed by atoms with Crippen molar-refractivity contribution in [2.24, 2.45) is 5.92 Å². The molecule has 1 aliphatic carbocycles. The van der Waals surface area contributed by atoms with Gasteiger partial charge in [0, 0.05) is 4.88 Å². The van der Waals surface area contributed by atoms with Crippen molar-refractivity contribution in [2.75, 3.05) is 17.7 Å². The number of hydrogen-bond donors (Lipinski definition) is 1. The molecule has 1 aromatic heterocycles. The molecule has 2 aromatic rings. The van der Waals surface area contributed by atoms with Gasteiger partial charge in [-0.1, -0.05) is 26.0 Å². The van der Waals surface area contributed by atoms with E-state index in [9.17, 15) is 18.0 Å². The molecule has 3 rings (SSSR count). The first-order valence-corrected chi connectivity index (χ1v) is 12.6. The standard InChI is InChI=1S/C22H27NO5S2/c1-4-28-22(25)20-17-11-6-14(3)12-18(17)29-21(20)23-19(24)13-15-7-9-16(10-8-15)30(26,27)5-2/h7-10,14H,4-6,11-13H2,1-3H3,(H,23,24). The Morgan fingerprint density at radius 2 is 1.90 bits per heavy atom. The second kappa shape index (κ2) is 9.31. The predicted octanol–water partition coefficient (Wildman–Crippen LogP) is 4.02. The third kappa shape index (κ3) is 4.92. The lowest BCUT2D eigenvalue weighted by Crippen LogP contribution is -2.18. The Hall–Kier alpha value is -2.19. The second-order valence-electron chi connectivity index (χ2n) is 7.55. The third-order valence-electron chi connectivity index (χ3n) is 5.27. The van der Waals surface area contributed by atoms with Crippen LogP contribution in [0.2, 0.25) is 0 Å². The topological polar surface area (TPSA) is 89.5 Å². The number of carbonyl (C=O) groups is 2. The Bertz CT molecular complexity index is 1040. The van der Waals surface area contributed by atoms with Crippen LogP contribution < -0.4 is 5.32 Å². The van der Waals surface area contributed by atoms with Gasteiger partial charge >= 0.3 is 5.97 Å². The first-order chi connectivity index (χ1) is 14.2. The predicted molar refractivity (Wildman–Crippen MR) is 118 cm³/mol. The number of hydrogen-bond acceptors (Lipinski definition) is 6. The summed E-state index contributed by atoms with van der Waals surface area (Å²) in [5.74, 6) is -0.0644. The molecule has 1 atom stereocenters. The van der Waals surface area contributed by atoms with Crippen molar-refractivity contribution in [3.8, 4) is 0 Å². The average Bonchev–Trinajstić information content (AvgIpc) is 3.05. The van der Waals surface area contributed by atoms with Gasteiger partial charge in [0.25, 0.3) is 0 Å². The summed E-state index contributed by atoms with van der Waals surface area (Å²) >= 11 is 1.46. The number of rotatable bonds is 7. The number of sulfone groups is 1. The Balaban J connectivity index is 1.78. The minimum atomic E-state index is -3.27. The molecule has 0 fully saturated rings. The van der Waals surface area contributed by atoms with Gasteiger partial charge in [-0.25, -0.2) is 13.2 Å². The molecule has 0 spiro atoms. The van der Waals surface area contributed by atoms with Crippen molar-refractivity contribution in [3.63, 3.8) is 0 Å². The second-order valence-corrected chi connectivity index (χ2v) is 10.9. The fourth-order valence-corrected chi connectivity index (χ4v) is 5.89. The van der Waals surface area contributed by atoms with E-state index in [1.165, 1.54) is 23.5 Å². The summed E-state index contributed by atoms with van der Waals surface area (Å²) in [7, 11) is -3.27. The van der Waals surface area contributed by atoms with Gasteiger partial charge < -0.3 is 10.1 Å². The summed E-state index contributed by atoms with van der Waals surface area (Å²) < 4.78 is 29.1. The van der Waals surface area contributed by atoms with Gasteiger partial charge in [0.2, 0.25) is 5.91 Å². The van der Waals surface area contributed by atoms with E-state index in [1.54, 1.807) is 26.0 Å². The van der Waals surface area contributed by atoms with Crippen molar-refractivity contribution in [2.45, 2.75) is 51.3 Å². The van der Waals surface area contributed by atoms with Crippen LogP contribution in [0.4, 0.5) is 5.00 Å². The van der Waals surface area contributed by atoms with Crippen molar-refractivity contribution >= 4 is 38.1 Å². The maximum absolute atomic E-state index is 12.7. The molecule has 0 saturated heterocycles. The Labute approximate surface area is 181 Å². The lowest BCUT2D eigenvalue weighted by molar-refractivity contribution is -0.115. The highest BCUT2D eigenvalue weighted by molar-refractivity contribution is 7.91. The number of nitrogens with one attached hydrogen (secondary N) is 1. The SMILES string of the molecule is CCOC(=O)c1c(NC(=O)Cc2ccc(S(=O)(=O)CC)cc2)sc2c1CCC(C)C2. The molecule has 1 amide bonds. The average molecular weight is 450 g/mol. The highest BCUT2D eigenvalue weighted by atomic mass is 32.2. The van der Waals surface area contributed by atoms with Gasteiger partial charge in [0.1, 0.15) is 5.00 Å². The van der Waals surface area contributed by atoms with Gasteiger partial charge in [-0.2, -0.15) is 0 Å². The molecule has 8 heteroatoms. The molecule has 0 bridgehead atoms. The fourth-order valence-electron chi connectivity index (χ4n) is 3.60. The minimum Gasteiger partial charge on any atom is -0.462 e. The molecule has 1 heterocycles. The monoisotopic (exact) mass is 449 g/mol. The number of anilines is 1. The minimum absolute atomic E-state index is 0.0329. The van der Waals surface area contributed by atoms with Gasteiger partial charge in [-0.05, 0) is 55.4 Å². The lowest BCUT2D eigenvalue weighted by Gasteiger charge is -2.18. The molecule has 30 heavy (non-hydrogen) atoms. The lowest BCUT2D eigenvalue weighted by atomic mass is 9.88. The van der Waals surface area contributed by atoms with Crippen LogP contribution in [-0.4, -0.2) is 32.7 Å². The van der Waals surface area contributed by atoms with E-state index in [1.807, 2.05) is 0 Å². The zero-order chi connectivity index (χ0) is 21.9. The Morgan fingerprint density at radius 3 is 2.53 bits per heavy atom. The van der Waals surface area contributed by atoms with Crippen molar-refractivity contribution in [1.29, 1.82) is 0 Å². The number of esters is 1. The number of amides is 1. The molecular weight excluding hydrogens is 422 g/mol. The summed E-state index contributed by atoms with van der Waals surface area (Å²) in [6.07, 6.45) is 2.81. The number of thiophene rings is 1. The molecule has 0 aliphatic heterocycles. The van der Waals surface area contributed by atoms with Gasteiger partial charge in [-0.3, -0.25) is 4.79 Å². The summed E-state index contributed by atoms with van der Waals surface area (Å²) in [5, 5.41) is 3.43.